The number of amides is 1. The van der Waals surface area contributed by atoms with Crippen molar-refractivity contribution in [3.63, 3.8) is 0 Å². The quantitative estimate of drug-likeness (QED) is 0.421. The van der Waals surface area contributed by atoms with E-state index in [1.54, 1.807) is 18.2 Å². The van der Waals surface area contributed by atoms with Crippen LogP contribution in [0.3, 0.4) is 0 Å². The van der Waals surface area contributed by atoms with Gasteiger partial charge in [0.25, 0.3) is 11.7 Å². The number of hydrogen-bond acceptors (Lipinski definition) is 5. The van der Waals surface area contributed by atoms with Gasteiger partial charge in [0, 0.05) is 17.7 Å². The highest BCUT2D eigenvalue weighted by Gasteiger charge is 2.46. The van der Waals surface area contributed by atoms with E-state index in [4.69, 9.17) is 9.47 Å². The third-order valence-electron chi connectivity index (χ3n) is 5.15. The van der Waals surface area contributed by atoms with Gasteiger partial charge in [-0.05, 0) is 30.7 Å². The van der Waals surface area contributed by atoms with E-state index in [1.165, 1.54) is 43.4 Å². The van der Waals surface area contributed by atoms with Crippen molar-refractivity contribution >= 4 is 17.4 Å². The van der Waals surface area contributed by atoms with Gasteiger partial charge in [0.1, 0.15) is 11.6 Å². The lowest BCUT2D eigenvalue weighted by Crippen LogP contribution is -2.31. The SMILES string of the molecule is CCCCN1C(=O)C(=O)/C(=C(/O)c2ccc(OC)c(OC)c2)C1c1ccccc1F. The Morgan fingerprint density at radius 2 is 1.80 bits per heavy atom. The number of methoxy groups -OCH3 is 2. The maximum Gasteiger partial charge on any atom is 0.295 e. The Labute approximate surface area is 174 Å². The van der Waals surface area contributed by atoms with Crippen LogP contribution in [0, 0.1) is 5.82 Å². The van der Waals surface area contributed by atoms with Crippen molar-refractivity contribution in [3.05, 3.63) is 65.0 Å². The summed E-state index contributed by atoms with van der Waals surface area (Å²) in [4.78, 5) is 26.9. The van der Waals surface area contributed by atoms with Crippen LogP contribution >= 0.6 is 0 Å². The van der Waals surface area contributed by atoms with Gasteiger partial charge in [0.05, 0.1) is 25.8 Å². The van der Waals surface area contributed by atoms with E-state index in [0.29, 0.717) is 17.9 Å². The number of rotatable bonds is 7. The molecule has 6 nitrogen and oxygen atoms in total. The summed E-state index contributed by atoms with van der Waals surface area (Å²) in [5.41, 5.74) is 0.283. The predicted molar refractivity (Wildman–Crippen MR) is 110 cm³/mol. The monoisotopic (exact) mass is 413 g/mol. The molecule has 1 amide bonds. The molecule has 2 aromatic carbocycles. The Morgan fingerprint density at radius 3 is 2.43 bits per heavy atom. The number of ketones is 1. The number of likely N-dealkylation sites (tertiary alicyclic amines) is 1. The first-order valence-corrected chi connectivity index (χ1v) is 9.69. The van der Waals surface area contributed by atoms with Crippen molar-refractivity contribution in [2.75, 3.05) is 20.8 Å². The number of aliphatic hydroxyl groups excluding tert-OH is 1. The minimum atomic E-state index is -1.01. The van der Waals surface area contributed by atoms with E-state index in [-0.39, 0.29) is 29.0 Å². The molecule has 1 atom stereocenters. The molecule has 0 aromatic heterocycles. The maximum atomic E-state index is 14.7. The fourth-order valence-corrected chi connectivity index (χ4v) is 3.60. The van der Waals surface area contributed by atoms with Crippen LogP contribution in [0.1, 0.15) is 36.9 Å². The molecule has 1 fully saturated rings. The van der Waals surface area contributed by atoms with Gasteiger partial charge in [-0.15, -0.1) is 0 Å². The Balaban J connectivity index is 2.20. The molecule has 1 N–H and O–H groups in total. The molecule has 0 aliphatic carbocycles. The Bertz CT molecular complexity index is 1000. The van der Waals surface area contributed by atoms with Gasteiger partial charge in [-0.1, -0.05) is 31.5 Å². The van der Waals surface area contributed by atoms with Crippen molar-refractivity contribution in [2.24, 2.45) is 0 Å². The molecule has 1 aliphatic heterocycles. The minimum absolute atomic E-state index is 0.145. The molecule has 2 aromatic rings. The van der Waals surface area contributed by atoms with Gasteiger partial charge >= 0.3 is 0 Å². The zero-order valence-corrected chi connectivity index (χ0v) is 17.1. The number of carbonyl (C=O) groups excluding carboxylic acids is 2. The van der Waals surface area contributed by atoms with Gasteiger partial charge in [-0.25, -0.2) is 4.39 Å². The molecule has 1 saturated heterocycles. The van der Waals surface area contributed by atoms with Crippen molar-refractivity contribution in [3.8, 4) is 11.5 Å². The van der Waals surface area contributed by atoms with E-state index in [1.807, 2.05) is 6.92 Å². The van der Waals surface area contributed by atoms with Crippen LogP contribution in [0.15, 0.2) is 48.0 Å². The highest BCUT2D eigenvalue weighted by atomic mass is 19.1. The second-order valence-corrected chi connectivity index (χ2v) is 6.94. The van der Waals surface area contributed by atoms with Gasteiger partial charge < -0.3 is 19.5 Å². The average Bonchev–Trinajstić information content (AvgIpc) is 3.01. The topological polar surface area (TPSA) is 76.1 Å². The highest BCUT2D eigenvalue weighted by Crippen LogP contribution is 2.41. The van der Waals surface area contributed by atoms with Crippen LogP contribution in [0.5, 0.6) is 11.5 Å². The van der Waals surface area contributed by atoms with Gasteiger partial charge in [0.2, 0.25) is 0 Å². The van der Waals surface area contributed by atoms with E-state index < -0.39 is 23.5 Å². The zero-order chi connectivity index (χ0) is 21.8. The van der Waals surface area contributed by atoms with Crippen LogP contribution in [0.4, 0.5) is 4.39 Å². The van der Waals surface area contributed by atoms with Crippen molar-refractivity contribution < 1.29 is 28.6 Å². The smallest absolute Gasteiger partial charge is 0.295 e. The molecule has 0 saturated carbocycles. The number of aliphatic hydroxyl groups is 1. The number of carbonyl (C=O) groups is 2. The van der Waals surface area contributed by atoms with Crippen molar-refractivity contribution in [2.45, 2.75) is 25.8 Å². The van der Waals surface area contributed by atoms with Crippen LogP contribution < -0.4 is 9.47 Å². The first-order chi connectivity index (χ1) is 14.4. The Morgan fingerprint density at radius 1 is 1.10 bits per heavy atom. The van der Waals surface area contributed by atoms with E-state index in [9.17, 15) is 19.1 Å². The minimum Gasteiger partial charge on any atom is -0.507 e. The molecular weight excluding hydrogens is 389 g/mol. The lowest BCUT2D eigenvalue weighted by atomic mass is 9.94. The number of nitrogens with zero attached hydrogens (tertiary/aromatic N) is 1. The maximum absolute atomic E-state index is 14.7. The van der Waals surface area contributed by atoms with Crippen LogP contribution in [0.2, 0.25) is 0 Å². The molecule has 0 radical (unpaired) electrons. The molecule has 3 rings (SSSR count). The Hall–Kier alpha value is -3.35. The number of Topliss-reactive ketones (excluding diaryl/α,β-unsaturated/α-hetero) is 1. The molecule has 7 heteroatoms. The lowest BCUT2D eigenvalue weighted by molar-refractivity contribution is -0.139. The molecule has 0 bridgehead atoms. The predicted octanol–water partition coefficient (Wildman–Crippen LogP) is 4.06. The van der Waals surface area contributed by atoms with E-state index in [2.05, 4.69) is 0 Å². The summed E-state index contributed by atoms with van der Waals surface area (Å²) >= 11 is 0. The van der Waals surface area contributed by atoms with Gasteiger partial charge in [-0.2, -0.15) is 0 Å². The van der Waals surface area contributed by atoms with Crippen molar-refractivity contribution in [1.82, 2.24) is 4.90 Å². The molecule has 158 valence electrons. The summed E-state index contributed by atoms with van der Waals surface area (Å²) in [6.07, 6.45) is 1.44. The number of benzene rings is 2. The van der Waals surface area contributed by atoms with E-state index >= 15 is 0 Å². The van der Waals surface area contributed by atoms with Gasteiger partial charge in [-0.3, -0.25) is 9.59 Å². The molecule has 1 aliphatic rings. The van der Waals surface area contributed by atoms with Gasteiger partial charge in [0.15, 0.2) is 11.5 Å². The Kier molecular flexibility index (Phi) is 6.40. The number of unbranched alkanes of at least 4 members (excludes halogenated alkanes) is 1. The van der Waals surface area contributed by atoms with Crippen molar-refractivity contribution in [1.29, 1.82) is 0 Å². The summed E-state index contributed by atoms with van der Waals surface area (Å²) in [7, 11) is 2.93. The number of hydrogen-bond donors (Lipinski definition) is 1. The lowest BCUT2D eigenvalue weighted by Gasteiger charge is -2.25. The molecule has 1 heterocycles. The zero-order valence-electron chi connectivity index (χ0n) is 17.1. The third kappa shape index (κ3) is 3.75. The second kappa shape index (κ2) is 8.98. The summed E-state index contributed by atoms with van der Waals surface area (Å²) in [5.74, 6) is -1.73. The van der Waals surface area contributed by atoms with Crippen LogP contribution in [0.25, 0.3) is 5.76 Å². The third-order valence-corrected chi connectivity index (χ3v) is 5.15. The molecular formula is C23H24FNO5. The first kappa shape index (κ1) is 21.4. The largest absolute Gasteiger partial charge is 0.507 e. The summed E-state index contributed by atoms with van der Waals surface area (Å²) in [5, 5.41) is 11.0. The molecule has 30 heavy (non-hydrogen) atoms. The number of halogens is 1. The number of ether oxygens (including phenoxy) is 2. The second-order valence-electron chi connectivity index (χ2n) is 6.94. The standard InChI is InChI=1S/C23H24FNO5/c1-4-5-12-25-20(15-8-6-7-9-16(15)24)19(22(27)23(25)28)21(26)14-10-11-17(29-2)18(13-14)30-3/h6-11,13,20,26H,4-5,12H2,1-3H3/b21-19+. The molecule has 0 spiro atoms. The van der Waals surface area contributed by atoms with Crippen LogP contribution in [-0.2, 0) is 9.59 Å². The first-order valence-electron chi connectivity index (χ1n) is 9.69. The van der Waals surface area contributed by atoms with E-state index in [0.717, 1.165) is 6.42 Å². The fraction of sp³-hybridized carbons (Fsp3) is 0.304. The average molecular weight is 413 g/mol. The normalized spacial score (nSPS) is 18.0. The summed E-state index contributed by atoms with van der Waals surface area (Å²) < 4.78 is 25.1. The summed E-state index contributed by atoms with van der Waals surface area (Å²) in [6.45, 7) is 2.24. The summed E-state index contributed by atoms with van der Waals surface area (Å²) in [6, 6.07) is 9.59. The van der Waals surface area contributed by atoms with Crippen LogP contribution in [-0.4, -0.2) is 42.5 Å². The highest BCUT2D eigenvalue weighted by molar-refractivity contribution is 6.46. The fourth-order valence-electron chi connectivity index (χ4n) is 3.60. The molecule has 1 unspecified atom stereocenters.